The lowest BCUT2D eigenvalue weighted by atomic mass is 10.1. The van der Waals surface area contributed by atoms with Crippen LogP contribution in [-0.2, 0) is 10.0 Å². The van der Waals surface area contributed by atoms with Gasteiger partial charge in [0.25, 0.3) is 10.0 Å². The average Bonchev–Trinajstić information content (AvgIpc) is 3.30. The molecule has 0 unspecified atom stereocenters. The van der Waals surface area contributed by atoms with Crippen LogP contribution in [0.25, 0.3) is 0 Å². The van der Waals surface area contributed by atoms with Crippen LogP contribution in [0.5, 0.6) is 0 Å². The van der Waals surface area contributed by atoms with E-state index in [1.54, 1.807) is 23.6 Å². The molecule has 2 aromatic carbocycles. The van der Waals surface area contributed by atoms with Crippen molar-refractivity contribution in [2.24, 2.45) is 0 Å². The van der Waals surface area contributed by atoms with E-state index in [4.69, 9.17) is 11.6 Å². The Kier molecular flexibility index (Phi) is 6.08. The SMILES string of the molecule is O=C(O)c1cc(NS(=O)(=O)c2cccs2)ccc1N1CCN(c2cccc(Cl)c2)CC1. The summed E-state index contributed by atoms with van der Waals surface area (Å²) in [5, 5.41) is 12.1. The molecular formula is C21H20ClN3O4S2. The molecule has 0 aliphatic carbocycles. The van der Waals surface area contributed by atoms with Gasteiger partial charge in [0, 0.05) is 42.6 Å². The third-order valence-corrected chi connectivity index (χ3v) is 8.05. The molecule has 4 rings (SSSR count). The summed E-state index contributed by atoms with van der Waals surface area (Å²) in [4.78, 5) is 16.1. The quantitative estimate of drug-likeness (QED) is 0.552. The van der Waals surface area contributed by atoms with Crippen LogP contribution in [0.4, 0.5) is 17.1 Å². The molecule has 0 saturated carbocycles. The van der Waals surface area contributed by atoms with E-state index >= 15 is 0 Å². The molecular weight excluding hydrogens is 458 g/mol. The highest BCUT2D eigenvalue weighted by molar-refractivity contribution is 7.94. The predicted molar refractivity (Wildman–Crippen MR) is 124 cm³/mol. The summed E-state index contributed by atoms with van der Waals surface area (Å²) in [6, 6.07) is 15.4. The second-order valence-electron chi connectivity index (χ2n) is 7.03. The van der Waals surface area contributed by atoms with Gasteiger partial charge in [0.1, 0.15) is 4.21 Å². The number of piperazine rings is 1. The number of carbonyl (C=O) groups is 1. The first-order valence-corrected chi connectivity index (χ1v) is 12.3. The molecule has 1 aromatic heterocycles. The first-order chi connectivity index (χ1) is 14.8. The maximum atomic E-state index is 12.5. The van der Waals surface area contributed by atoms with Crippen molar-refractivity contribution in [1.29, 1.82) is 0 Å². The van der Waals surface area contributed by atoms with E-state index in [2.05, 4.69) is 9.62 Å². The molecule has 0 spiro atoms. The van der Waals surface area contributed by atoms with Gasteiger partial charge in [0.15, 0.2) is 0 Å². The number of thiophene rings is 1. The molecule has 1 aliphatic rings. The Morgan fingerprint density at radius 3 is 2.39 bits per heavy atom. The normalized spacial score (nSPS) is 14.5. The fourth-order valence-electron chi connectivity index (χ4n) is 3.55. The molecule has 2 N–H and O–H groups in total. The smallest absolute Gasteiger partial charge is 0.337 e. The summed E-state index contributed by atoms with van der Waals surface area (Å²) in [5.41, 5.74) is 1.87. The molecule has 31 heavy (non-hydrogen) atoms. The zero-order valence-electron chi connectivity index (χ0n) is 16.4. The first-order valence-electron chi connectivity index (χ1n) is 9.52. The summed E-state index contributed by atoms with van der Waals surface area (Å²) in [6.45, 7) is 2.69. The van der Waals surface area contributed by atoms with E-state index < -0.39 is 16.0 Å². The Morgan fingerprint density at radius 1 is 1.00 bits per heavy atom. The second-order valence-corrected chi connectivity index (χ2v) is 10.3. The van der Waals surface area contributed by atoms with Gasteiger partial charge in [0.05, 0.1) is 11.3 Å². The second kappa shape index (κ2) is 8.78. The van der Waals surface area contributed by atoms with Crippen molar-refractivity contribution >= 4 is 56.0 Å². The molecule has 2 heterocycles. The van der Waals surface area contributed by atoms with Crippen molar-refractivity contribution in [3.05, 3.63) is 70.6 Å². The molecule has 3 aromatic rings. The minimum atomic E-state index is -3.75. The lowest BCUT2D eigenvalue weighted by Gasteiger charge is -2.38. The summed E-state index contributed by atoms with van der Waals surface area (Å²) in [6.07, 6.45) is 0. The fourth-order valence-corrected chi connectivity index (χ4v) is 5.77. The molecule has 0 atom stereocenters. The van der Waals surface area contributed by atoms with E-state index in [9.17, 15) is 18.3 Å². The number of halogens is 1. The minimum absolute atomic E-state index is 0.0579. The molecule has 1 aliphatic heterocycles. The Balaban J connectivity index is 1.52. The van der Waals surface area contributed by atoms with E-state index in [-0.39, 0.29) is 15.5 Å². The topological polar surface area (TPSA) is 89.9 Å². The standard InChI is InChI=1S/C21H20ClN3O4S2/c22-15-3-1-4-17(13-15)24-8-10-25(11-9-24)19-7-6-16(14-18(19)21(26)27)23-31(28,29)20-5-2-12-30-20/h1-7,12-14,23H,8-11H2,(H,26,27). The lowest BCUT2D eigenvalue weighted by molar-refractivity contribution is 0.0697. The summed E-state index contributed by atoms with van der Waals surface area (Å²) in [5.74, 6) is -1.11. The Hall–Kier alpha value is -2.75. The maximum absolute atomic E-state index is 12.5. The van der Waals surface area contributed by atoms with Crippen LogP contribution in [0.1, 0.15) is 10.4 Å². The van der Waals surface area contributed by atoms with Crippen LogP contribution in [0.2, 0.25) is 5.02 Å². The van der Waals surface area contributed by atoms with Gasteiger partial charge in [0.2, 0.25) is 0 Å². The third-order valence-electron chi connectivity index (χ3n) is 5.03. The number of nitrogens with zero attached hydrogens (tertiary/aromatic N) is 2. The lowest BCUT2D eigenvalue weighted by Crippen LogP contribution is -2.47. The number of anilines is 3. The summed E-state index contributed by atoms with van der Waals surface area (Å²) < 4.78 is 27.5. The van der Waals surface area contributed by atoms with E-state index in [0.29, 0.717) is 36.9 Å². The van der Waals surface area contributed by atoms with E-state index in [0.717, 1.165) is 17.0 Å². The highest BCUT2D eigenvalue weighted by atomic mass is 35.5. The number of hydrogen-bond donors (Lipinski definition) is 2. The largest absolute Gasteiger partial charge is 0.478 e. The van der Waals surface area contributed by atoms with Crippen molar-refractivity contribution in [3.8, 4) is 0 Å². The Morgan fingerprint density at radius 2 is 1.74 bits per heavy atom. The van der Waals surface area contributed by atoms with Crippen LogP contribution in [0.15, 0.2) is 64.2 Å². The molecule has 10 heteroatoms. The average molecular weight is 478 g/mol. The van der Waals surface area contributed by atoms with Gasteiger partial charge >= 0.3 is 5.97 Å². The van der Waals surface area contributed by atoms with Gasteiger partial charge in [-0.25, -0.2) is 13.2 Å². The number of nitrogens with one attached hydrogen (secondary N) is 1. The van der Waals surface area contributed by atoms with Gasteiger partial charge in [-0.3, -0.25) is 4.72 Å². The number of carboxylic acids is 1. The van der Waals surface area contributed by atoms with Crippen LogP contribution < -0.4 is 14.5 Å². The van der Waals surface area contributed by atoms with Crippen molar-refractivity contribution in [3.63, 3.8) is 0 Å². The summed E-state index contributed by atoms with van der Waals surface area (Å²) in [7, 11) is -3.75. The van der Waals surface area contributed by atoms with Crippen LogP contribution in [-0.4, -0.2) is 45.7 Å². The van der Waals surface area contributed by atoms with Crippen LogP contribution in [0.3, 0.4) is 0 Å². The van der Waals surface area contributed by atoms with Crippen LogP contribution in [0, 0.1) is 0 Å². The van der Waals surface area contributed by atoms with Gasteiger partial charge in [-0.2, -0.15) is 0 Å². The molecule has 0 bridgehead atoms. The van der Waals surface area contributed by atoms with Crippen molar-refractivity contribution in [1.82, 2.24) is 0 Å². The number of hydrogen-bond acceptors (Lipinski definition) is 6. The van der Waals surface area contributed by atoms with Crippen molar-refractivity contribution in [2.45, 2.75) is 4.21 Å². The molecule has 0 amide bonds. The monoisotopic (exact) mass is 477 g/mol. The summed E-state index contributed by atoms with van der Waals surface area (Å²) >= 11 is 7.18. The number of aromatic carboxylic acids is 1. The van der Waals surface area contributed by atoms with Crippen molar-refractivity contribution < 1.29 is 18.3 Å². The number of sulfonamides is 1. The predicted octanol–water partition coefficient (Wildman–Crippen LogP) is 4.23. The highest BCUT2D eigenvalue weighted by Crippen LogP contribution is 2.29. The van der Waals surface area contributed by atoms with E-state index in [1.165, 1.54) is 12.1 Å². The number of benzene rings is 2. The van der Waals surface area contributed by atoms with Crippen LogP contribution >= 0.6 is 22.9 Å². The Bertz CT molecular complexity index is 1190. The van der Waals surface area contributed by atoms with Crippen molar-refractivity contribution in [2.75, 3.05) is 40.7 Å². The first kappa shape index (κ1) is 21.5. The number of rotatable bonds is 6. The third kappa shape index (κ3) is 4.79. The molecule has 1 saturated heterocycles. The number of carboxylic acid groups (broad SMARTS) is 1. The molecule has 7 nitrogen and oxygen atoms in total. The van der Waals surface area contributed by atoms with Gasteiger partial charge < -0.3 is 14.9 Å². The molecule has 1 fully saturated rings. The molecule has 162 valence electrons. The minimum Gasteiger partial charge on any atom is -0.478 e. The maximum Gasteiger partial charge on any atom is 0.337 e. The zero-order valence-corrected chi connectivity index (χ0v) is 18.8. The van der Waals surface area contributed by atoms with Gasteiger partial charge in [-0.1, -0.05) is 23.7 Å². The Labute approximate surface area is 189 Å². The fraction of sp³-hybridized carbons (Fsp3) is 0.190. The van der Waals surface area contributed by atoms with Gasteiger partial charge in [-0.15, -0.1) is 11.3 Å². The van der Waals surface area contributed by atoms with E-state index in [1.807, 2.05) is 29.2 Å². The highest BCUT2D eigenvalue weighted by Gasteiger charge is 2.23. The zero-order chi connectivity index (χ0) is 22.0. The van der Waals surface area contributed by atoms with Gasteiger partial charge in [-0.05, 0) is 47.8 Å². The molecule has 0 radical (unpaired) electrons.